The summed E-state index contributed by atoms with van der Waals surface area (Å²) < 4.78 is 23.8. The van der Waals surface area contributed by atoms with E-state index in [1.54, 1.807) is 12.1 Å². The van der Waals surface area contributed by atoms with Crippen molar-refractivity contribution < 1.29 is 8.42 Å². The van der Waals surface area contributed by atoms with Crippen LogP contribution in [0.1, 0.15) is 24.1 Å². The number of sulfonamides is 1. The summed E-state index contributed by atoms with van der Waals surface area (Å²) >= 11 is 3.55. The second kappa shape index (κ2) is 6.17. The minimum Gasteiger partial charge on any atom is -0.378 e. The first-order valence-corrected chi connectivity index (χ1v) is 8.77. The quantitative estimate of drug-likeness (QED) is 0.865. The first-order chi connectivity index (χ1) is 9.79. The lowest BCUT2D eigenvalue weighted by molar-refractivity contribution is 0.597. The Kier molecular flexibility index (Phi) is 4.70. The van der Waals surface area contributed by atoms with E-state index in [9.17, 15) is 8.42 Å². The molecule has 0 heterocycles. The van der Waals surface area contributed by atoms with Crippen LogP contribution >= 0.6 is 15.9 Å². The zero-order chi connectivity index (χ0) is 15.6. The molecule has 0 saturated carbocycles. The van der Waals surface area contributed by atoms with Gasteiger partial charge in [-0.2, -0.15) is 0 Å². The third-order valence-electron chi connectivity index (χ3n) is 3.25. The largest absolute Gasteiger partial charge is 0.378 e. The minimum atomic E-state index is -3.68. The fourth-order valence-corrected chi connectivity index (χ4v) is 2.98. The summed E-state index contributed by atoms with van der Waals surface area (Å²) in [6.07, 6.45) is 0. The highest BCUT2D eigenvalue weighted by Crippen LogP contribution is 2.29. The summed E-state index contributed by atoms with van der Waals surface area (Å²) in [5, 5.41) is 8.53. The molecule has 0 radical (unpaired) electrons. The van der Waals surface area contributed by atoms with Crippen LogP contribution in [0.5, 0.6) is 0 Å². The Morgan fingerprint density at radius 2 is 1.86 bits per heavy atom. The Morgan fingerprint density at radius 3 is 2.52 bits per heavy atom. The highest BCUT2D eigenvalue weighted by atomic mass is 79.9. The van der Waals surface area contributed by atoms with Crippen molar-refractivity contribution in [2.45, 2.75) is 24.8 Å². The number of nitrogens with one attached hydrogen (secondary N) is 1. The van der Waals surface area contributed by atoms with E-state index in [4.69, 9.17) is 5.14 Å². The maximum absolute atomic E-state index is 11.4. The van der Waals surface area contributed by atoms with Gasteiger partial charge in [-0.25, -0.2) is 13.6 Å². The zero-order valence-electron chi connectivity index (χ0n) is 11.8. The summed E-state index contributed by atoms with van der Waals surface area (Å²) in [6.45, 7) is 3.98. The molecular formula is C15H17BrN2O2S. The average molecular weight is 369 g/mol. The van der Waals surface area contributed by atoms with Gasteiger partial charge in [-0.3, -0.25) is 0 Å². The number of benzene rings is 2. The molecule has 0 bridgehead atoms. The van der Waals surface area contributed by atoms with E-state index >= 15 is 0 Å². The Morgan fingerprint density at radius 1 is 1.19 bits per heavy atom. The van der Waals surface area contributed by atoms with E-state index in [-0.39, 0.29) is 10.9 Å². The zero-order valence-corrected chi connectivity index (χ0v) is 14.2. The van der Waals surface area contributed by atoms with Gasteiger partial charge in [0, 0.05) is 16.2 Å². The topological polar surface area (TPSA) is 72.2 Å². The number of halogens is 1. The van der Waals surface area contributed by atoms with Gasteiger partial charge in [-0.1, -0.05) is 24.3 Å². The molecule has 0 spiro atoms. The van der Waals surface area contributed by atoms with Gasteiger partial charge in [0.2, 0.25) is 10.0 Å². The Labute approximate surface area is 133 Å². The third kappa shape index (κ3) is 3.84. The molecule has 0 aliphatic heterocycles. The Bertz CT molecular complexity index is 760. The average Bonchev–Trinajstić information content (AvgIpc) is 2.43. The van der Waals surface area contributed by atoms with Crippen molar-refractivity contribution in [3.8, 4) is 0 Å². The van der Waals surface area contributed by atoms with Crippen molar-refractivity contribution in [3.63, 3.8) is 0 Å². The number of hydrogen-bond acceptors (Lipinski definition) is 3. The SMILES string of the molecule is Cc1cccc(NC(C)c2cccc(S(N)(=O)=O)c2)c1Br. The number of aryl methyl sites for hydroxylation is 1. The van der Waals surface area contributed by atoms with Crippen LogP contribution in [0.4, 0.5) is 5.69 Å². The van der Waals surface area contributed by atoms with Gasteiger partial charge in [0.15, 0.2) is 0 Å². The van der Waals surface area contributed by atoms with E-state index in [2.05, 4.69) is 21.2 Å². The van der Waals surface area contributed by atoms with Crippen molar-refractivity contribution in [2.24, 2.45) is 5.14 Å². The van der Waals surface area contributed by atoms with Crippen LogP contribution < -0.4 is 10.5 Å². The third-order valence-corrected chi connectivity index (χ3v) is 5.21. The predicted octanol–water partition coefficient (Wildman–Crippen LogP) is 3.58. The standard InChI is InChI=1S/C15H17BrN2O2S/c1-10-5-3-8-14(15(10)16)18-11(2)12-6-4-7-13(9-12)21(17,19)20/h3-9,11,18H,1-2H3,(H2,17,19,20). The summed E-state index contributed by atoms with van der Waals surface area (Å²) in [4.78, 5) is 0.122. The second-order valence-electron chi connectivity index (χ2n) is 4.92. The maximum atomic E-state index is 11.4. The van der Waals surface area contributed by atoms with Crippen molar-refractivity contribution in [2.75, 3.05) is 5.32 Å². The smallest absolute Gasteiger partial charge is 0.238 e. The molecule has 1 atom stereocenters. The van der Waals surface area contributed by atoms with Crippen LogP contribution in [-0.4, -0.2) is 8.42 Å². The Balaban J connectivity index is 2.29. The fraction of sp³-hybridized carbons (Fsp3) is 0.200. The Hall–Kier alpha value is -1.37. The molecule has 0 fully saturated rings. The van der Waals surface area contributed by atoms with E-state index in [0.29, 0.717) is 0 Å². The van der Waals surface area contributed by atoms with Gasteiger partial charge in [-0.15, -0.1) is 0 Å². The van der Waals surface area contributed by atoms with Gasteiger partial charge in [0.25, 0.3) is 0 Å². The van der Waals surface area contributed by atoms with Crippen LogP contribution in [0.2, 0.25) is 0 Å². The molecular weight excluding hydrogens is 352 g/mol. The fourth-order valence-electron chi connectivity index (χ4n) is 2.04. The van der Waals surface area contributed by atoms with Gasteiger partial charge in [0.05, 0.1) is 4.90 Å². The summed E-state index contributed by atoms with van der Waals surface area (Å²) in [5.41, 5.74) is 2.95. The summed E-state index contributed by atoms with van der Waals surface area (Å²) in [5.74, 6) is 0. The molecule has 112 valence electrons. The van der Waals surface area contributed by atoms with Crippen LogP contribution in [0.15, 0.2) is 51.8 Å². The molecule has 21 heavy (non-hydrogen) atoms. The number of hydrogen-bond donors (Lipinski definition) is 2. The van der Waals surface area contributed by atoms with E-state index in [0.717, 1.165) is 21.3 Å². The number of nitrogens with two attached hydrogens (primary N) is 1. The molecule has 0 saturated heterocycles. The van der Waals surface area contributed by atoms with Crippen molar-refractivity contribution in [1.29, 1.82) is 0 Å². The normalized spacial score (nSPS) is 13.0. The molecule has 0 aromatic heterocycles. The first kappa shape index (κ1) is 16.0. The number of rotatable bonds is 4. The van der Waals surface area contributed by atoms with Crippen LogP contribution in [0.3, 0.4) is 0 Å². The van der Waals surface area contributed by atoms with Crippen molar-refractivity contribution in [1.82, 2.24) is 0 Å². The molecule has 2 rings (SSSR count). The molecule has 1 unspecified atom stereocenters. The molecule has 4 nitrogen and oxygen atoms in total. The molecule has 6 heteroatoms. The molecule has 0 aliphatic rings. The molecule has 0 aliphatic carbocycles. The molecule has 0 amide bonds. The van der Waals surface area contributed by atoms with Crippen LogP contribution in [0, 0.1) is 6.92 Å². The van der Waals surface area contributed by atoms with Crippen molar-refractivity contribution >= 4 is 31.6 Å². The lowest BCUT2D eigenvalue weighted by Gasteiger charge is -2.18. The number of anilines is 1. The first-order valence-electron chi connectivity index (χ1n) is 6.43. The highest BCUT2D eigenvalue weighted by molar-refractivity contribution is 9.10. The van der Waals surface area contributed by atoms with Crippen LogP contribution in [0.25, 0.3) is 0 Å². The number of primary sulfonamides is 1. The summed E-state index contributed by atoms with van der Waals surface area (Å²) in [7, 11) is -3.68. The molecule has 2 aromatic rings. The lowest BCUT2D eigenvalue weighted by atomic mass is 10.1. The van der Waals surface area contributed by atoms with E-state index in [1.165, 1.54) is 6.07 Å². The minimum absolute atomic E-state index is 0.0511. The predicted molar refractivity (Wildman–Crippen MR) is 88.7 cm³/mol. The highest BCUT2D eigenvalue weighted by Gasteiger charge is 2.12. The van der Waals surface area contributed by atoms with Gasteiger partial charge in [0.1, 0.15) is 0 Å². The summed E-state index contributed by atoms with van der Waals surface area (Å²) in [6, 6.07) is 12.6. The van der Waals surface area contributed by atoms with Gasteiger partial charge < -0.3 is 5.32 Å². The lowest BCUT2D eigenvalue weighted by Crippen LogP contribution is -2.13. The van der Waals surface area contributed by atoms with Gasteiger partial charge in [-0.05, 0) is 59.1 Å². The molecule has 3 N–H and O–H groups in total. The van der Waals surface area contributed by atoms with Crippen molar-refractivity contribution in [3.05, 3.63) is 58.1 Å². The second-order valence-corrected chi connectivity index (χ2v) is 7.27. The maximum Gasteiger partial charge on any atom is 0.238 e. The van der Waals surface area contributed by atoms with Gasteiger partial charge >= 0.3 is 0 Å². The molecule has 2 aromatic carbocycles. The monoisotopic (exact) mass is 368 g/mol. The van der Waals surface area contributed by atoms with E-state index in [1.807, 2.05) is 38.1 Å². The van der Waals surface area contributed by atoms with E-state index < -0.39 is 10.0 Å². The van der Waals surface area contributed by atoms with Crippen LogP contribution in [-0.2, 0) is 10.0 Å².